The van der Waals surface area contributed by atoms with Gasteiger partial charge >= 0.3 is 0 Å². The van der Waals surface area contributed by atoms with E-state index in [-0.39, 0.29) is 16.3 Å². The van der Waals surface area contributed by atoms with E-state index in [0.717, 1.165) is 6.26 Å². The summed E-state index contributed by atoms with van der Waals surface area (Å²) >= 11 is 3.23. The maximum Gasteiger partial charge on any atom is 0.177 e. The molecule has 0 spiro atoms. The first-order valence-corrected chi connectivity index (χ1v) is 8.28. The van der Waals surface area contributed by atoms with Crippen LogP contribution >= 0.6 is 15.9 Å². The first-order valence-electron chi connectivity index (χ1n) is 5.60. The van der Waals surface area contributed by atoms with Crippen LogP contribution in [0.2, 0.25) is 0 Å². The van der Waals surface area contributed by atoms with E-state index >= 15 is 0 Å². The molecule has 0 unspecified atom stereocenters. The number of nitrogen functional groups attached to an aromatic ring is 1. The Morgan fingerprint density at radius 2 is 1.85 bits per heavy atom. The van der Waals surface area contributed by atoms with Gasteiger partial charge in [0.25, 0.3) is 0 Å². The van der Waals surface area contributed by atoms with E-state index in [1.807, 2.05) is 0 Å². The zero-order chi connectivity index (χ0) is 14.9. The lowest BCUT2D eigenvalue weighted by Crippen LogP contribution is -2.06. The first kappa shape index (κ1) is 14.8. The molecule has 4 nitrogen and oxygen atoms in total. The van der Waals surface area contributed by atoms with Crippen molar-refractivity contribution >= 4 is 42.8 Å². The van der Waals surface area contributed by atoms with E-state index in [9.17, 15) is 12.8 Å². The van der Waals surface area contributed by atoms with Gasteiger partial charge in [-0.2, -0.15) is 0 Å². The third-order valence-electron chi connectivity index (χ3n) is 2.69. The average Bonchev–Trinajstić information content (AvgIpc) is 2.34. The van der Waals surface area contributed by atoms with Crippen molar-refractivity contribution in [2.24, 2.45) is 0 Å². The smallest absolute Gasteiger partial charge is 0.177 e. The molecule has 0 aliphatic carbocycles. The number of benzene rings is 2. The fraction of sp³-hybridized carbons (Fsp3) is 0.0769. The van der Waals surface area contributed by atoms with Crippen LogP contribution in [-0.2, 0) is 9.84 Å². The lowest BCUT2D eigenvalue weighted by atomic mass is 10.2. The normalized spacial score (nSPS) is 11.3. The second-order valence-corrected chi connectivity index (χ2v) is 7.05. The molecule has 2 rings (SSSR count). The van der Waals surface area contributed by atoms with Crippen molar-refractivity contribution in [3.63, 3.8) is 0 Å². The maximum atomic E-state index is 13.8. The average molecular weight is 359 g/mol. The topological polar surface area (TPSA) is 72.2 Å². The van der Waals surface area contributed by atoms with E-state index in [1.54, 1.807) is 24.3 Å². The van der Waals surface area contributed by atoms with Crippen LogP contribution in [0.15, 0.2) is 45.8 Å². The molecule has 2 aromatic carbocycles. The van der Waals surface area contributed by atoms with Crippen molar-refractivity contribution in [2.45, 2.75) is 4.90 Å². The molecule has 20 heavy (non-hydrogen) atoms. The highest BCUT2D eigenvalue weighted by atomic mass is 79.9. The molecular weight excluding hydrogens is 347 g/mol. The number of hydrogen-bond donors (Lipinski definition) is 2. The minimum Gasteiger partial charge on any atom is -0.396 e. The van der Waals surface area contributed by atoms with E-state index in [0.29, 0.717) is 10.2 Å². The molecule has 0 aliphatic rings. The number of anilines is 3. The summed E-state index contributed by atoms with van der Waals surface area (Å²) in [7, 11) is -3.44. The fourth-order valence-electron chi connectivity index (χ4n) is 1.73. The van der Waals surface area contributed by atoms with Crippen LogP contribution in [0.4, 0.5) is 21.5 Å². The lowest BCUT2D eigenvalue weighted by molar-refractivity contribution is 0.602. The van der Waals surface area contributed by atoms with E-state index in [4.69, 9.17) is 5.73 Å². The number of halogens is 2. The van der Waals surface area contributed by atoms with Gasteiger partial charge in [0.05, 0.1) is 22.0 Å². The van der Waals surface area contributed by atoms with Crippen LogP contribution in [0.1, 0.15) is 0 Å². The summed E-state index contributed by atoms with van der Waals surface area (Å²) in [5.41, 5.74) is 6.43. The lowest BCUT2D eigenvalue weighted by Gasteiger charge is -2.13. The Morgan fingerprint density at radius 3 is 2.45 bits per heavy atom. The molecule has 2 aromatic rings. The molecule has 0 radical (unpaired) electrons. The number of nitrogens with one attached hydrogen (secondary N) is 1. The van der Waals surface area contributed by atoms with Gasteiger partial charge in [-0.15, -0.1) is 0 Å². The van der Waals surface area contributed by atoms with Crippen molar-refractivity contribution in [2.75, 3.05) is 17.3 Å². The minimum atomic E-state index is -3.44. The zero-order valence-electron chi connectivity index (χ0n) is 10.5. The van der Waals surface area contributed by atoms with Gasteiger partial charge < -0.3 is 11.1 Å². The molecule has 0 saturated carbocycles. The molecule has 3 N–H and O–H groups in total. The van der Waals surface area contributed by atoms with Gasteiger partial charge in [-0.3, -0.25) is 0 Å². The summed E-state index contributed by atoms with van der Waals surface area (Å²) in [6.45, 7) is 0. The largest absolute Gasteiger partial charge is 0.396 e. The second kappa shape index (κ2) is 5.41. The highest BCUT2D eigenvalue weighted by Gasteiger charge is 2.15. The van der Waals surface area contributed by atoms with Gasteiger partial charge in [0, 0.05) is 10.7 Å². The van der Waals surface area contributed by atoms with E-state index in [2.05, 4.69) is 21.2 Å². The number of hydrogen-bond acceptors (Lipinski definition) is 4. The van der Waals surface area contributed by atoms with E-state index in [1.165, 1.54) is 12.1 Å². The number of nitrogens with two attached hydrogens (primary N) is 1. The maximum absolute atomic E-state index is 13.8. The predicted octanol–water partition coefficient (Wildman–Crippen LogP) is 3.32. The molecule has 106 valence electrons. The van der Waals surface area contributed by atoms with Crippen LogP contribution in [0.3, 0.4) is 0 Å². The molecule has 0 aromatic heterocycles. The second-order valence-electron chi connectivity index (χ2n) is 4.21. The molecule has 0 aliphatic heterocycles. The Hall–Kier alpha value is -1.60. The summed E-state index contributed by atoms with van der Waals surface area (Å²) in [4.78, 5) is 0.00922. The standard InChI is InChI=1S/C13H12BrFN2O2S/c1-20(18,19)11-7-3-6-10(12(11)16)17-13-8(14)4-2-5-9(13)15/h2-7,17H,16H2,1H3. The van der Waals surface area contributed by atoms with Crippen LogP contribution in [0.5, 0.6) is 0 Å². The van der Waals surface area contributed by atoms with Gasteiger partial charge in [0.1, 0.15) is 5.82 Å². The van der Waals surface area contributed by atoms with Crippen molar-refractivity contribution in [3.8, 4) is 0 Å². The monoisotopic (exact) mass is 358 g/mol. The molecule has 0 heterocycles. The highest BCUT2D eigenvalue weighted by molar-refractivity contribution is 9.10. The number of rotatable bonds is 3. The fourth-order valence-corrected chi connectivity index (χ4v) is 3.00. The number of sulfone groups is 1. The third kappa shape index (κ3) is 2.94. The predicted molar refractivity (Wildman–Crippen MR) is 81.3 cm³/mol. The summed E-state index contributed by atoms with van der Waals surface area (Å²) in [5.74, 6) is -0.469. The molecule has 0 fully saturated rings. The quantitative estimate of drug-likeness (QED) is 0.825. The Morgan fingerprint density at radius 1 is 1.20 bits per heavy atom. The third-order valence-corrected chi connectivity index (χ3v) is 4.50. The highest BCUT2D eigenvalue weighted by Crippen LogP contribution is 2.33. The SMILES string of the molecule is CS(=O)(=O)c1cccc(Nc2c(F)cccc2Br)c1N. The van der Waals surface area contributed by atoms with Gasteiger partial charge in [-0.25, -0.2) is 12.8 Å². The summed E-state index contributed by atoms with van der Waals surface area (Å²) in [6, 6.07) is 9.06. The summed E-state index contributed by atoms with van der Waals surface area (Å²) < 4.78 is 37.5. The Labute approximate surface area is 124 Å². The van der Waals surface area contributed by atoms with Crippen LogP contribution in [0, 0.1) is 5.82 Å². The first-order chi connectivity index (χ1) is 9.30. The zero-order valence-corrected chi connectivity index (χ0v) is 12.9. The van der Waals surface area contributed by atoms with E-state index < -0.39 is 15.7 Å². The Kier molecular flexibility index (Phi) is 4.01. The molecule has 0 atom stereocenters. The van der Waals surface area contributed by atoms with Crippen LogP contribution in [-0.4, -0.2) is 14.7 Å². The van der Waals surface area contributed by atoms with Gasteiger partial charge in [0.15, 0.2) is 9.84 Å². The van der Waals surface area contributed by atoms with Crippen LogP contribution < -0.4 is 11.1 Å². The van der Waals surface area contributed by atoms with Crippen molar-refractivity contribution in [1.82, 2.24) is 0 Å². The number of para-hydroxylation sites is 2. The summed E-state index contributed by atoms with van der Waals surface area (Å²) in [5, 5.41) is 2.81. The van der Waals surface area contributed by atoms with Crippen molar-refractivity contribution < 1.29 is 12.8 Å². The molecule has 0 saturated heterocycles. The van der Waals surface area contributed by atoms with Crippen molar-refractivity contribution in [1.29, 1.82) is 0 Å². The Bertz CT molecular complexity index is 743. The molecular formula is C13H12BrFN2O2S. The molecule has 7 heteroatoms. The summed E-state index contributed by atoms with van der Waals surface area (Å²) in [6.07, 6.45) is 1.07. The molecule has 0 amide bonds. The van der Waals surface area contributed by atoms with Crippen molar-refractivity contribution in [3.05, 3.63) is 46.7 Å². The Balaban J connectivity index is 2.51. The van der Waals surface area contributed by atoms with Gasteiger partial charge in [0.2, 0.25) is 0 Å². The van der Waals surface area contributed by atoms with Crippen LogP contribution in [0.25, 0.3) is 0 Å². The van der Waals surface area contributed by atoms with Gasteiger partial charge in [-0.1, -0.05) is 12.1 Å². The molecule has 0 bridgehead atoms. The minimum absolute atomic E-state index is 0.00922. The van der Waals surface area contributed by atoms with Gasteiger partial charge in [-0.05, 0) is 40.2 Å².